The Balaban J connectivity index is 1.38. The minimum Gasteiger partial charge on any atom is -0.324 e. The number of fused-ring (bicyclic) bond motifs is 1. The molecule has 3 aromatic rings. The van der Waals surface area contributed by atoms with Crippen LogP contribution in [0.25, 0.3) is 10.8 Å². The zero-order valence-corrected chi connectivity index (χ0v) is 16.7. The van der Waals surface area contributed by atoms with Crippen LogP contribution in [0.4, 0.5) is 5.69 Å². The molecule has 0 saturated carbocycles. The van der Waals surface area contributed by atoms with E-state index in [9.17, 15) is 9.59 Å². The second-order valence-corrected chi connectivity index (χ2v) is 7.76. The summed E-state index contributed by atoms with van der Waals surface area (Å²) in [5.74, 6) is -0.271. The van der Waals surface area contributed by atoms with Gasteiger partial charge in [0, 0.05) is 23.7 Å². The topological polar surface area (TPSA) is 67.2 Å². The summed E-state index contributed by atoms with van der Waals surface area (Å²) < 4.78 is 1.20. The van der Waals surface area contributed by atoms with Gasteiger partial charge in [0.2, 0.25) is 5.91 Å². The number of benzene rings is 2. The van der Waals surface area contributed by atoms with Crippen LogP contribution in [0.5, 0.6) is 0 Å². The largest absolute Gasteiger partial charge is 0.324 e. The van der Waals surface area contributed by atoms with Crippen molar-refractivity contribution in [2.24, 2.45) is 0 Å². The van der Waals surface area contributed by atoms with E-state index in [2.05, 4.69) is 34.4 Å². The molecule has 2 heterocycles. The maximum Gasteiger partial charge on any atom is 0.275 e. The van der Waals surface area contributed by atoms with Gasteiger partial charge in [0.05, 0.1) is 11.6 Å². The number of piperidine rings is 1. The maximum absolute atomic E-state index is 12.5. The average Bonchev–Trinajstić information content (AvgIpc) is 2.73. The molecule has 150 valence electrons. The summed E-state index contributed by atoms with van der Waals surface area (Å²) in [6.45, 7) is 4.26. The number of aromatic nitrogens is 2. The number of hydrogen-bond acceptors (Lipinski definition) is 4. The van der Waals surface area contributed by atoms with E-state index in [0.29, 0.717) is 11.4 Å². The number of anilines is 1. The molecule has 4 rings (SSSR count). The number of carbonyl (C=O) groups excluding carboxylic acids is 1. The van der Waals surface area contributed by atoms with Crippen LogP contribution in [0.1, 0.15) is 31.7 Å². The Morgan fingerprint density at radius 1 is 1.14 bits per heavy atom. The van der Waals surface area contributed by atoms with E-state index in [4.69, 9.17) is 0 Å². The fourth-order valence-electron chi connectivity index (χ4n) is 3.90. The molecule has 0 radical (unpaired) electrons. The second-order valence-electron chi connectivity index (χ2n) is 7.76. The molecule has 1 aromatic heterocycles. The van der Waals surface area contributed by atoms with Crippen molar-refractivity contribution in [3.63, 3.8) is 0 Å². The third-order valence-electron chi connectivity index (χ3n) is 5.62. The van der Waals surface area contributed by atoms with Gasteiger partial charge in [-0.2, -0.15) is 5.10 Å². The Morgan fingerprint density at radius 2 is 1.93 bits per heavy atom. The van der Waals surface area contributed by atoms with Crippen LogP contribution in [-0.2, 0) is 17.9 Å². The molecular weight excluding hydrogens is 364 g/mol. The molecule has 2 aromatic carbocycles. The van der Waals surface area contributed by atoms with Crippen LogP contribution in [-0.4, -0.2) is 33.2 Å². The van der Waals surface area contributed by atoms with Crippen molar-refractivity contribution in [2.45, 2.75) is 45.3 Å². The fourth-order valence-corrected chi connectivity index (χ4v) is 3.90. The smallest absolute Gasteiger partial charge is 0.275 e. The highest BCUT2D eigenvalue weighted by Gasteiger charge is 2.18. The molecule has 6 heteroatoms. The molecule has 1 fully saturated rings. The first-order valence-corrected chi connectivity index (χ1v) is 10.2. The summed E-state index contributed by atoms with van der Waals surface area (Å²) in [6.07, 6.45) is 5.45. The predicted molar refractivity (Wildman–Crippen MR) is 115 cm³/mol. The summed E-state index contributed by atoms with van der Waals surface area (Å²) in [5, 5.41) is 8.30. The van der Waals surface area contributed by atoms with Crippen molar-refractivity contribution in [3.8, 4) is 0 Å². The van der Waals surface area contributed by atoms with E-state index in [-0.39, 0.29) is 18.0 Å². The Kier molecular flexibility index (Phi) is 5.71. The Labute approximate surface area is 170 Å². The molecule has 0 spiro atoms. The zero-order valence-electron chi connectivity index (χ0n) is 16.7. The monoisotopic (exact) mass is 390 g/mol. The van der Waals surface area contributed by atoms with E-state index >= 15 is 0 Å². The average molecular weight is 390 g/mol. The van der Waals surface area contributed by atoms with Gasteiger partial charge in [0.25, 0.3) is 5.56 Å². The van der Waals surface area contributed by atoms with Crippen LogP contribution in [0.2, 0.25) is 0 Å². The van der Waals surface area contributed by atoms with E-state index in [1.165, 1.54) is 29.5 Å². The van der Waals surface area contributed by atoms with Gasteiger partial charge in [-0.15, -0.1) is 0 Å². The molecule has 1 N–H and O–H groups in total. The van der Waals surface area contributed by atoms with Crippen LogP contribution < -0.4 is 10.9 Å². The summed E-state index contributed by atoms with van der Waals surface area (Å²) in [5.41, 5.74) is 1.70. The van der Waals surface area contributed by atoms with Crippen molar-refractivity contribution in [2.75, 3.05) is 11.9 Å². The van der Waals surface area contributed by atoms with Gasteiger partial charge in [-0.25, -0.2) is 4.68 Å². The predicted octanol–water partition coefficient (Wildman–Crippen LogP) is 3.41. The molecule has 0 aliphatic carbocycles. The first-order valence-electron chi connectivity index (χ1n) is 10.2. The Bertz CT molecular complexity index is 1060. The number of nitrogens with one attached hydrogen (secondary N) is 1. The van der Waals surface area contributed by atoms with E-state index in [1.807, 2.05) is 24.3 Å². The molecule has 1 aliphatic rings. The van der Waals surface area contributed by atoms with Gasteiger partial charge >= 0.3 is 0 Å². The Morgan fingerprint density at radius 3 is 2.72 bits per heavy atom. The van der Waals surface area contributed by atoms with Gasteiger partial charge < -0.3 is 5.32 Å². The first-order chi connectivity index (χ1) is 14.1. The van der Waals surface area contributed by atoms with Gasteiger partial charge in [-0.05, 0) is 50.1 Å². The fraction of sp³-hybridized carbons (Fsp3) is 0.348. The van der Waals surface area contributed by atoms with Crippen LogP contribution in [0.15, 0.2) is 59.5 Å². The van der Waals surface area contributed by atoms with E-state index in [1.54, 1.807) is 18.3 Å². The number of likely N-dealkylation sites (tertiary alicyclic amines) is 1. The van der Waals surface area contributed by atoms with E-state index in [0.717, 1.165) is 24.2 Å². The van der Waals surface area contributed by atoms with Gasteiger partial charge in [-0.3, -0.25) is 14.5 Å². The number of carbonyl (C=O) groups is 1. The highest BCUT2D eigenvalue weighted by Crippen LogP contribution is 2.20. The zero-order chi connectivity index (χ0) is 20.2. The van der Waals surface area contributed by atoms with E-state index < -0.39 is 0 Å². The molecule has 1 aliphatic heterocycles. The third-order valence-corrected chi connectivity index (χ3v) is 5.62. The molecule has 1 saturated heterocycles. The minimum absolute atomic E-state index is 0.114. The minimum atomic E-state index is -0.271. The van der Waals surface area contributed by atoms with Crippen LogP contribution in [0.3, 0.4) is 0 Å². The quantitative estimate of drug-likeness (QED) is 0.725. The van der Waals surface area contributed by atoms with Crippen molar-refractivity contribution in [1.29, 1.82) is 0 Å². The number of nitrogens with zero attached hydrogens (tertiary/aromatic N) is 3. The number of amides is 1. The summed E-state index contributed by atoms with van der Waals surface area (Å²) in [7, 11) is 0. The van der Waals surface area contributed by atoms with Gasteiger partial charge in [0.15, 0.2) is 0 Å². The lowest BCUT2D eigenvalue weighted by molar-refractivity contribution is -0.117. The highest BCUT2D eigenvalue weighted by molar-refractivity contribution is 5.90. The van der Waals surface area contributed by atoms with Gasteiger partial charge in [0.1, 0.15) is 6.54 Å². The second kappa shape index (κ2) is 8.57. The standard InChI is InChI=1S/C23H26N4O2/c1-17-6-4-5-13-26(17)15-18-9-11-20(12-10-18)25-22(28)16-27-23(29)21-8-3-2-7-19(21)14-24-27/h2-3,7-12,14,17H,4-6,13,15-16H2,1H3,(H,25,28)/t17-/m0/s1. The molecule has 6 nitrogen and oxygen atoms in total. The van der Waals surface area contributed by atoms with Crippen LogP contribution >= 0.6 is 0 Å². The van der Waals surface area contributed by atoms with Crippen molar-refractivity contribution >= 4 is 22.4 Å². The first kappa shape index (κ1) is 19.3. The van der Waals surface area contributed by atoms with Crippen molar-refractivity contribution in [3.05, 3.63) is 70.6 Å². The molecule has 1 amide bonds. The van der Waals surface area contributed by atoms with Crippen LogP contribution in [0, 0.1) is 0 Å². The summed E-state index contributed by atoms with van der Waals surface area (Å²) in [6, 6.07) is 15.8. The number of hydrogen-bond donors (Lipinski definition) is 1. The summed E-state index contributed by atoms with van der Waals surface area (Å²) >= 11 is 0. The lowest BCUT2D eigenvalue weighted by atomic mass is 10.0. The molecular formula is C23H26N4O2. The number of rotatable bonds is 5. The maximum atomic E-state index is 12.5. The SMILES string of the molecule is C[C@H]1CCCCN1Cc1ccc(NC(=O)Cn2ncc3ccccc3c2=O)cc1. The highest BCUT2D eigenvalue weighted by atomic mass is 16.2. The van der Waals surface area contributed by atoms with Crippen molar-refractivity contribution in [1.82, 2.24) is 14.7 Å². The lowest BCUT2D eigenvalue weighted by Gasteiger charge is -2.33. The molecule has 0 bridgehead atoms. The van der Waals surface area contributed by atoms with Gasteiger partial charge in [-0.1, -0.05) is 36.8 Å². The molecule has 29 heavy (non-hydrogen) atoms. The lowest BCUT2D eigenvalue weighted by Crippen LogP contribution is -2.36. The normalized spacial score (nSPS) is 17.3. The van der Waals surface area contributed by atoms with Crippen molar-refractivity contribution < 1.29 is 4.79 Å². The summed E-state index contributed by atoms with van der Waals surface area (Å²) in [4.78, 5) is 27.4. The molecule has 1 atom stereocenters. The molecule has 0 unspecified atom stereocenters. The third kappa shape index (κ3) is 4.54. The Hall–Kier alpha value is -2.99.